The average molecular weight is 304 g/mol. The van der Waals surface area contributed by atoms with E-state index in [4.69, 9.17) is 4.74 Å². The Kier molecular flexibility index (Phi) is 4.56. The van der Waals surface area contributed by atoms with Crippen molar-refractivity contribution in [1.29, 1.82) is 0 Å². The van der Waals surface area contributed by atoms with E-state index in [1.807, 2.05) is 91.0 Å². The van der Waals surface area contributed by atoms with E-state index in [0.29, 0.717) is 0 Å². The summed E-state index contributed by atoms with van der Waals surface area (Å²) in [5.41, 5.74) is 1.28. The Labute approximate surface area is 137 Å². The van der Waals surface area contributed by atoms with Gasteiger partial charge in [-0.15, -0.1) is 0 Å². The number of benzene rings is 3. The molecule has 1 N–H and O–H groups in total. The van der Waals surface area contributed by atoms with Gasteiger partial charge in [-0.05, 0) is 16.7 Å². The van der Waals surface area contributed by atoms with Crippen LogP contribution in [-0.4, -0.2) is 12.2 Å². The van der Waals surface area contributed by atoms with Gasteiger partial charge in [0.05, 0.1) is 0 Å². The van der Waals surface area contributed by atoms with Gasteiger partial charge in [-0.2, -0.15) is 0 Å². The molecule has 0 bridgehead atoms. The number of methoxy groups -OCH3 is 1. The molecule has 3 rings (SSSR count). The van der Waals surface area contributed by atoms with Crippen LogP contribution in [0.15, 0.2) is 91.0 Å². The first kappa shape index (κ1) is 15.5. The molecule has 0 saturated heterocycles. The molecule has 116 valence electrons. The van der Waals surface area contributed by atoms with E-state index in [-0.39, 0.29) is 0 Å². The van der Waals surface area contributed by atoms with Crippen molar-refractivity contribution in [1.82, 2.24) is 0 Å². The van der Waals surface area contributed by atoms with Gasteiger partial charge in [-0.1, -0.05) is 91.0 Å². The smallest absolute Gasteiger partial charge is 0.145 e. The van der Waals surface area contributed by atoms with Gasteiger partial charge >= 0.3 is 0 Å². The third kappa shape index (κ3) is 2.91. The third-order valence-electron chi connectivity index (χ3n) is 4.15. The summed E-state index contributed by atoms with van der Waals surface area (Å²) in [6, 6.07) is 29.2. The van der Waals surface area contributed by atoms with Crippen LogP contribution in [0.5, 0.6) is 0 Å². The molecular formula is C21H20O2. The lowest BCUT2D eigenvalue weighted by Crippen LogP contribution is -2.36. The summed E-state index contributed by atoms with van der Waals surface area (Å²) in [5, 5.41) is 11.7. The minimum absolute atomic E-state index is 0.506. The molecule has 0 aliphatic rings. The summed E-state index contributed by atoms with van der Waals surface area (Å²) < 4.78 is 5.76. The van der Waals surface area contributed by atoms with Gasteiger partial charge in [-0.3, -0.25) is 0 Å². The van der Waals surface area contributed by atoms with Crippen molar-refractivity contribution in [2.45, 2.75) is 11.7 Å². The van der Waals surface area contributed by atoms with Crippen molar-refractivity contribution >= 4 is 0 Å². The Morgan fingerprint density at radius 3 is 1.48 bits per heavy atom. The molecule has 2 nitrogen and oxygen atoms in total. The van der Waals surface area contributed by atoms with E-state index in [1.54, 1.807) is 7.11 Å². The average Bonchev–Trinajstić information content (AvgIpc) is 2.64. The van der Waals surface area contributed by atoms with Crippen LogP contribution in [-0.2, 0) is 10.3 Å². The zero-order valence-electron chi connectivity index (χ0n) is 13.1. The van der Waals surface area contributed by atoms with Gasteiger partial charge in [0.25, 0.3) is 0 Å². The number of aliphatic hydroxyl groups is 1. The summed E-state index contributed by atoms with van der Waals surface area (Å²) in [5.74, 6) is 0. The summed E-state index contributed by atoms with van der Waals surface area (Å²) in [6.45, 7) is 0. The van der Waals surface area contributed by atoms with E-state index in [9.17, 15) is 5.11 Å². The number of hydrogen-bond donors (Lipinski definition) is 1. The quantitative estimate of drug-likeness (QED) is 0.761. The van der Waals surface area contributed by atoms with E-state index >= 15 is 0 Å². The van der Waals surface area contributed by atoms with Gasteiger partial charge < -0.3 is 9.84 Å². The van der Waals surface area contributed by atoms with Crippen LogP contribution in [0.1, 0.15) is 22.8 Å². The fourth-order valence-corrected chi connectivity index (χ4v) is 3.03. The molecule has 0 aliphatic carbocycles. The zero-order chi connectivity index (χ0) is 16.1. The van der Waals surface area contributed by atoms with Crippen molar-refractivity contribution < 1.29 is 9.84 Å². The van der Waals surface area contributed by atoms with Gasteiger partial charge in [0.1, 0.15) is 11.7 Å². The van der Waals surface area contributed by atoms with Gasteiger partial charge in [0.2, 0.25) is 0 Å². The summed E-state index contributed by atoms with van der Waals surface area (Å²) >= 11 is 0. The van der Waals surface area contributed by atoms with Crippen LogP contribution in [0.3, 0.4) is 0 Å². The zero-order valence-corrected chi connectivity index (χ0v) is 13.1. The third-order valence-corrected chi connectivity index (χ3v) is 4.15. The number of rotatable bonds is 5. The second-order valence-electron chi connectivity index (χ2n) is 5.52. The predicted octanol–water partition coefficient (Wildman–Crippen LogP) is 4.31. The largest absolute Gasteiger partial charge is 0.377 e. The number of ether oxygens (including phenoxy) is 1. The number of hydrogen-bond acceptors (Lipinski definition) is 2. The Balaban J connectivity index is 2.19. The Morgan fingerprint density at radius 2 is 1.09 bits per heavy atom. The predicted molar refractivity (Wildman–Crippen MR) is 92.1 cm³/mol. The SMILES string of the molecule is CO[C@@H](c1ccccc1)C(O)(c1ccccc1)c1ccccc1. The van der Waals surface area contributed by atoms with E-state index in [0.717, 1.165) is 16.7 Å². The van der Waals surface area contributed by atoms with Crippen LogP contribution in [0, 0.1) is 0 Å². The molecule has 3 aromatic rings. The van der Waals surface area contributed by atoms with E-state index in [2.05, 4.69) is 0 Å². The molecule has 0 radical (unpaired) electrons. The van der Waals surface area contributed by atoms with Crippen LogP contribution in [0.25, 0.3) is 0 Å². The first-order valence-electron chi connectivity index (χ1n) is 7.68. The molecular weight excluding hydrogens is 284 g/mol. The molecule has 0 spiro atoms. The van der Waals surface area contributed by atoms with Crippen molar-refractivity contribution in [2.75, 3.05) is 7.11 Å². The Morgan fingerprint density at radius 1 is 0.696 bits per heavy atom. The van der Waals surface area contributed by atoms with Crippen LogP contribution in [0.2, 0.25) is 0 Å². The first-order chi connectivity index (χ1) is 11.3. The molecule has 0 amide bonds. The van der Waals surface area contributed by atoms with Crippen molar-refractivity contribution in [3.8, 4) is 0 Å². The highest BCUT2D eigenvalue weighted by Gasteiger charge is 2.41. The highest BCUT2D eigenvalue weighted by atomic mass is 16.5. The fourth-order valence-electron chi connectivity index (χ4n) is 3.03. The molecule has 0 aromatic heterocycles. The van der Waals surface area contributed by atoms with E-state index < -0.39 is 11.7 Å². The molecule has 0 unspecified atom stereocenters. The highest BCUT2D eigenvalue weighted by molar-refractivity contribution is 5.40. The lowest BCUT2D eigenvalue weighted by atomic mass is 9.79. The van der Waals surface area contributed by atoms with Crippen LogP contribution in [0.4, 0.5) is 0 Å². The Bertz CT molecular complexity index is 684. The second kappa shape index (κ2) is 6.78. The molecule has 0 saturated carbocycles. The molecule has 23 heavy (non-hydrogen) atoms. The molecule has 1 atom stereocenters. The van der Waals surface area contributed by atoms with Crippen LogP contribution >= 0.6 is 0 Å². The maximum absolute atomic E-state index is 11.7. The normalized spacial score (nSPS) is 12.8. The standard InChI is InChI=1S/C21H20O2/c1-23-20(17-11-5-2-6-12-17)21(22,18-13-7-3-8-14-18)19-15-9-4-10-16-19/h2-16,20,22H,1H3/t20-/m0/s1. The molecule has 0 fully saturated rings. The second-order valence-corrected chi connectivity index (χ2v) is 5.52. The van der Waals surface area contributed by atoms with Crippen molar-refractivity contribution in [2.24, 2.45) is 0 Å². The summed E-state index contributed by atoms with van der Waals surface area (Å²) in [6.07, 6.45) is -0.506. The van der Waals surface area contributed by atoms with Gasteiger partial charge in [0, 0.05) is 7.11 Å². The molecule has 0 aliphatic heterocycles. The summed E-state index contributed by atoms with van der Waals surface area (Å²) in [7, 11) is 1.63. The molecule has 3 aromatic carbocycles. The molecule has 0 heterocycles. The van der Waals surface area contributed by atoms with Crippen LogP contribution < -0.4 is 0 Å². The Hall–Kier alpha value is -2.42. The maximum atomic E-state index is 11.7. The van der Waals surface area contributed by atoms with Crippen molar-refractivity contribution in [3.63, 3.8) is 0 Å². The van der Waals surface area contributed by atoms with Gasteiger partial charge in [0.15, 0.2) is 0 Å². The lowest BCUT2D eigenvalue weighted by molar-refractivity contribution is -0.0743. The maximum Gasteiger partial charge on any atom is 0.145 e. The minimum atomic E-state index is -1.27. The topological polar surface area (TPSA) is 29.5 Å². The monoisotopic (exact) mass is 304 g/mol. The lowest BCUT2D eigenvalue weighted by Gasteiger charge is -2.36. The molecule has 2 heteroatoms. The van der Waals surface area contributed by atoms with Crippen molar-refractivity contribution in [3.05, 3.63) is 108 Å². The summed E-state index contributed by atoms with van der Waals surface area (Å²) in [4.78, 5) is 0. The van der Waals surface area contributed by atoms with Gasteiger partial charge in [-0.25, -0.2) is 0 Å². The fraction of sp³-hybridized carbons (Fsp3) is 0.143. The highest BCUT2D eigenvalue weighted by Crippen LogP contribution is 2.42. The minimum Gasteiger partial charge on any atom is -0.377 e. The van der Waals surface area contributed by atoms with E-state index in [1.165, 1.54) is 0 Å². The first-order valence-corrected chi connectivity index (χ1v) is 7.68.